The first-order valence-electron chi connectivity index (χ1n) is 6.85. The lowest BCUT2D eigenvalue weighted by molar-refractivity contribution is -0.138. The number of aliphatic carboxylic acids is 1. The van der Waals surface area contributed by atoms with Crippen LogP contribution in [0.15, 0.2) is 0 Å². The van der Waals surface area contributed by atoms with Gasteiger partial charge in [0.05, 0.1) is 12.6 Å². The maximum absolute atomic E-state index is 11.7. The third-order valence-corrected chi connectivity index (χ3v) is 3.41. The fourth-order valence-corrected chi connectivity index (χ4v) is 2.18. The van der Waals surface area contributed by atoms with Crippen LogP contribution in [0.5, 0.6) is 0 Å². The summed E-state index contributed by atoms with van der Waals surface area (Å²) < 4.78 is 0. The molecule has 2 atom stereocenters. The van der Waals surface area contributed by atoms with Crippen LogP contribution in [-0.2, 0) is 19.2 Å². The van der Waals surface area contributed by atoms with Crippen molar-refractivity contribution in [3.8, 4) is 0 Å². The number of carboxylic acid groups (broad SMARTS) is 1. The van der Waals surface area contributed by atoms with Crippen molar-refractivity contribution < 1.29 is 24.3 Å². The van der Waals surface area contributed by atoms with Crippen molar-refractivity contribution in [3.63, 3.8) is 0 Å². The van der Waals surface area contributed by atoms with Gasteiger partial charge in [0.2, 0.25) is 17.7 Å². The normalized spacial score (nSPS) is 18.3. The summed E-state index contributed by atoms with van der Waals surface area (Å²) in [4.78, 5) is 45.4. The lowest BCUT2D eigenvalue weighted by Crippen LogP contribution is -2.52. The zero-order valence-electron chi connectivity index (χ0n) is 11.9. The molecule has 1 aliphatic heterocycles. The van der Waals surface area contributed by atoms with Crippen LogP contribution in [0.3, 0.4) is 0 Å². The monoisotopic (exact) mass is 332 g/mol. The van der Waals surface area contributed by atoms with E-state index in [4.69, 9.17) is 5.11 Å². The smallest absolute Gasteiger partial charge is 0.322 e. The Labute approximate surface area is 133 Å². The average Bonchev–Trinajstić information content (AvgIpc) is 3.02. The van der Waals surface area contributed by atoms with Crippen LogP contribution in [-0.4, -0.2) is 66.3 Å². The molecule has 0 radical (unpaired) electrons. The number of nitrogens with one attached hydrogen (secondary N) is 4. The van der Waals surface area contributed by atoms with Crippen molar-refractivity contribution in [1.29, 1.82) is 0 Å². The van der Waals surface area contributed by atoms with Gasteiger partial charge in [0.1, 0.15) is 12.6 Å². The van der Waals surface area contributed by atoms with Crippen molar-refractivity contribution in [3.05, 3.63) is 0 Å². The Balaban J connectivity index is 2.32. The standard InChI is InChI=1S/C12H20N4O5S/c17-9(4-14-11(20)7-2-1-3-13-7)16-8(6-22)12(21)15-5-10(18)19/h7-8,13,22H,1-6H2,(H,14,20)(H,15,21)(H,16,17)(H,18,19). The third-order valence-electron chi connectivity index (χ3n) is 3.05. The van der Waals surface area contributed by atoms with E-state index in [0.717, 1.165) is 19.4 Å². The highest BCUT2D eigenvalue weighted by atomic mass is 32.1. The minimum Gasteiger partial charge on any atom is -0.480 e. The van der Waals surface area contributed by atoms with Gasteiger partial charge in [0.25, 0.3) is 0 Å². The fourth-order valence-electron chi connectivity index (χ4n) is 1.92. The molecular formula is C12H20N4O5S. The molecule has 1 saturated heterocycles. The molecule has 22 heavy (non-hydrogen) atoms. The van der Waals surface area contributed by atoms with Gasteiger partial charge in [-0.3, -0.25) is 19.2 Å². The molecule has 1 aliphatic rings. The summed E-state index contributed by atoms with van der Waals surface area (Å²) in [5.74, 6) is -2.63. The second-order valence-corrected chi connectivity index (χ2v) is 5.15. The first-order chi connectivity index (χ1) is 10.4. The number of hydrogen-bond acceptors (Lipinski definition) is 6. The minimum absolute atomic E-state index is 0.00925. The number of rotatable bonds is 8. The third kappa shape index (κ3) is 6.31. The average molecular weight is 332 g/mol. The SMILES string of the molecule is O=C(O)CNC(=O)C(CS)NC(=O)CNC(=O)C1CCCN1. The highest BCUT2D eigenvalue weighted by Crippen LogP contribution is 2.04. The summed E-state index contributed by atoms with van der Waals surface area (Å²) in [7, 11) is 0. The zero-order valence-corrected chi connectivity index (χ0v) is 12.8. The van der Waals surface area contributed by atoms with Gasteiger partial charge in [-0.1, -0.05) is 0 Å². The Morgan fingerprint density at radius 1 is 1.23 bits per heavy atom. The van der Waals surface area contributed by atoms with Crippen molar-refractivity contribution in [2.24, 2.45) is 0 Å². The number of amides is 3. The van der Waals surface area contributed by atoms with E-state index >= 15 is 0 Å². The first-order valence-corrected chi connectivity index (χ1v) is 7.48. The van der Waals surface area contributed by atoms with Crippen LogP contribution in [0.25, 0.3) is 0 Å². The summed E-state index contributed by atoms with van der Waals surface area (Å²) in [6, 6.07) is -1.25. The van der Waals surface area contributed by atoms with E-state index < -0.39 is 30.4 Å². The molecule has 1 heterocycles. The number of carbonyl (C=O) groups excluding carboxylic acids is 3. The van der Waals surface area contributed by atoms with Crippen LogP contribution in [0.1, 0.15) is 12.8 Å². The van der Waals surface area contributed by atoms with Crippen LogP contribution in [0, 0.1) is 0 Å². The second-order valence-electron chi connectivity index (χ2n) is 4.78. The van der Waals surface area contributed by atoms with Crippen molar-refractivity contribution in [1.82, 2.24) is 21.3 Å². The van der Waals surface area contributed by atoms with Crippen molar-refractivity contribution in [2.75, 3.05) is 25.4 Å². The minimum atomic E-state index is -1.19. The Morgan fingerprint density at radius 2 is 1.95 bits per heavy atom. The molecule has 124 valence electrons. The number of hydrogen-bond donors (Lipinski definition) is 6. The Kier molecular flexibility index (Phi) is 7.67. The molecule has 1 fully saturated rings. The van der Waals surface area contributed by atoms with Crippen LogP contribution in [0.2, 0.25) is 0 Å². The predicted octanol–water partition coefficient (Wildman–Crippen LogP) is -2.53. The van der Waals surface area contributed by atoms with Gasteiger partial charge in [-0.05, 0) is 19.4 Å². The lowest BCUT2D eigenvalue weighted by Gasteiger charge is -2.16. The van der Waals surface area contributed by atoms with Crippen LogP contribution >= 0.6 is 12.6 Å². The summed E-state index contributed by atoms with van der Waals surface area (Å²) >= 11 is 3.93. The Bertz CT molecular complexity index is 439. The quantitative estimate of drug-likeness (QED) is 0.271. The van der Waals surface area contributed by atoms with E-state index in [1.54, 1.807) is 0 Å². The van der Waals surface area contributed by atoms with E-state index in [0.29, 0.717) is 0 Å². The van der Waals surface area contributed by atoms with E-state index in [-0.39, 0.29) is 24.2 Å². The number of thiol groups is 1. The summed E-state index contributed by atoms with van der Waals surface area (Å²) in [6.07, 6.45) is 1.64. The molecule has 5 N–H and O–H groups in total. The van der Waals surface area contributed by atoms with Gasteiger partial charge < -0.3 is 26.4 Å². The highest BCUT2D eigenvalue weighted by Gasteiger charge is 2.23. The fraction of sp³-hybridized carbons (Fsp3) is 0.667. The molecule has 0 aromatic heterocycles. The second kappa shape index (κ2) is 9.26. The molecule has 3 amide bonds. The van der Waals surface area contributed by atoms with Gasteiger partial charge in [-0.25, -0.2) is 0 Å². The first kappa shape index (κ1) is 18.2. The molecule has 0 aromatic carbocycles. The van der Waals surface area contributed by atoms with Gasteiger partial charge in [-0.2, -0.15) is 12.6 Å². The van der Waals surface area contributed by atoms with E-state index in [9.17, 15) is 19.2 Å². The molecule has 9 nitrogen and oxygen atoms in total. The molecule has 0 bridgehead atoms. The number of carboxylic acids is 1. The Hall–Kier alpha value is -1.81. The van der Waals surface area contributed by atoms with Gasteiger partial charge in [0.15, 0.2) is 0 Å². The van der Waals surface area contributed by atoms with E-state index in [1.807, 2.05) is 0 Å². The topological polar surface area (TPSA) is 137 Å². The summed E-state index contributed by atoms with van der Waals surface area (Å²) in [6.45, 7) is -0.0215. The molecule has 2 unspecified atom stereocenters. The lowest BCUT2D eigenvalue weighted by atomic mass is 10.2. The summed E-state index contributed by atoms with van der Waals surface area (Å²) in [5.41, 5.74) is 0. The van der Waals surface area contributed by atoms with E-state index in [2.05, 4.69) is 33.9 Å². The van der Waals surface area contributed by atoms with E-state index in [1.165, 1.54) is 0 Å². The van der Waals surface area contributed by atoms with Gasteiger partial charge in [0, 0.05) is 5.75 Å². The molecular weight excluding hydrogens is 312 g/mol. The zero-order chi connectivity index (χ0) is 16.5. The van der Waals surface area contributed by atoms with Crippen molar-refractivity contribution in [2.45, 2.75) is 24.9 Å². The molecule has 0 aliphatic carbocycles. The molecule has 0 saturated carbocycles. The largest absolute Gasteiger partial charge is 0.480 e. The number of carbonyl (C=O) groups is 4. The molecule has 0 spiro atoms. The maximum Gasteiger partial charge on any atom is 0.322 e. The predicted molar refractivity (Wildman–Crippen MR) is 80.5 cm³/mol. The molecule has 0 aromatic rings. The molecule has 10 heteroatoms. The molecule has 1 rings (SSSR count). The van der Waals surface area contributed by atoms with Crippen molar-refractivity contribution >= 4 is 36.3 Å². The highest BCUT2D eigenvalue weighted by molar-refractivity contribution is 7.80. The van der Waals surface area contributed by atoms with Crippen LogP contribution < -0.4 is 21.3 Å². The summed E-state index contributed by atoms with van der Waals surface area (Å²) in [5, 5.41) is 18.5. The maximum atomic E-state index is 11.7. The Morgan fingerprint density at radius 3 is 2.50 bits per heavy atom. The van der Waals surface area contributed by atoms with Gasteiger partial charge >= 0.3 is 5.97 Å². The van der Waals surface area contributed by atoms with Crippen LogP contribution in [0.4, 0.5) is 0 Å². The van der Waals surface area contributed by atoms with Gasteiger partial charge in [-0.15, -0.1) is 0 Å².